The molecular formula is C17H19FN4O4S. The summed E-state index contributed by atoms with van der Waals surface area (Å²) in [5.41, 5.74) is -0.372. The lowest BCUT2D eigenvalue weighted by molar-refractivity contribution is -0.135. The Labute approximate surface area is 156 Å². The van der Waals surface area contributed by atoms with Crippen molar-refractivity contribution >= 4 is 21.8 Å². The third kappa shape index (κ3) is 3.32. The minimum atomic E-state index is -4.25. The summed E-state index contributed by atoms with van der Waals surface area (Å²) in [4.78, 5) is 26.2. The van der Waals surface area contributed by atoms with E-state index < -0.39 is 33.2 Å². The van der Waals surface area contributed by atoms with Crippen LogP contribution in [0.2, 0.25) is 0 Å². The van der Waals surface area contributed by atoms with Gasteiger partial charge in [0.1, 0.15) is 11.4 Å². The molecule has 1 aromatic heterocycles. The summed E-state index contributed by atoms with van der Waals surface area (Å²) in [6.45, 7) is 3.58. The number of aromatic nitrogens is 2. The average molecular weight is 394 g/mol. The molecule has 0 aliphatic carbocycles. The summed E-state index contributed by atoms with van der Waals surface area (Å²) in [6, 6.07) is 5.93. The number of halogens is 1. The molecule has 8 nitrogen and oxygen atoms in total. The summed E-state index contributed by atoms with van der Waals surface area (Å²) in [5.74, 6) is -2.03. The normalized spacial score (nSPS) is 19.5. The molecule has 0 bridgehead atoms. The number of aryl methyl sites for hydroxylation is 2. The van der Waals surface area contributed by atoms with Gasteiger partial charge in [0, 0.05) is 19.3 Å². The van der Waals surface area contributed by atoms with E-state index >= 15 is 0 Å². The van der Waals surface area contributed by atoms with Crippen molar-refractivity contribution in [3.05, 3.63) is 47.5 Å². The quantitative estimate of drug-likeness (QED) is 0.833. The molecular weight excluding hydrogens is 375 g/mol. The van der Waals surface area contributed by atoms with Crippen LogP contribution < -0.4 is 4.72 Å². The molecule has 3 rings (SSSR count). The summed E-state index contributed by atoms with van der Waals surface area (Å²) in [5, 5.41) is 4.10. The zero-order valence-corrected chi connectivity index (χ0v) is 15.9. The zero-order chi connectivity index (χ0) is 20.0. The predicted octanol–water partition coefficient (Wildman–Crippen LogP) is 0.977. The Hall–Kier alpha value is -2.75. The smallest absolute Gasteiger partial charge is 0.275 e. The molecule has 1 unspecified atom stereocenters. The number of hydrogen-bond donors (Lipinski definition) is 1. The van der Waals surface area contributed by atoms with E-state index in [-0.39, 0.29) is 10.6 Å². The van der Waals surface area contributed by atoms with Gasteiger partial charge in [0.2, 0.25) is 0 Å². The van der Waals surface area contributed by atoms with E-state index in [4.69, 9.17) is 0 Å². The van der Waals surface area contributed by atoms with E-state index in [1.165, 1.54) is 24.0 Å². The van der Waals surface area contributed by atoms with E-state index in [0.29, 0.717) is 13.0 Å². The first-order valence-corrected chi connectivity index (χ1v) is 9.68. The summed E-state index contributed by atoms with van der Waals surface area (Å²) >= 11 is 0. The number of carbonyl (C=O) groups excluding carboxylic acids is 2. The lowest BCUT2D eigenvalue weighted by atomic mass is 9.85. The molecule has 1 N–H and O–H groups in total. The highest BCUT2D eigenvalue weighted by Crippen LogP contribution is 2.32. The second-order valence-corrected chi connectivity index (χ2v) is 8.35. The summed E-state index contributed by atoms with van der Waals surface area (Å²) < 4.78 is 41.5. The molecule has 0 radical (unpaired) electrons. The van der Waals surface area contributed by atoms with Crippen LogP contribution in [0.25, 0.3) is 0 Å². The molecule has 1 saturated heterocycles. The molecule has 1 aliphatic heterocycles. The maximum Gasteiger partial charge on any atom is 0.275 e. The van der Waals surface area contributed by atoms with Crippen LogP contribution in [0, 0.1) is 12.7 Å². The van der Waals surface area contributed by atoms with Gasteiger partial charge in [-0.05, 0) is 44.5 Å². The molecule has 27 heavy (non-hydrogen) atoms. The Morgan fingerprint density at radius 1 is 1.30 bits per heavy atom. The van der Waals surface area contributed by atoms with Crippen LogP contribution in [0.4, 0.5) is 4.39 Å². The fourth-order valence-corrected chi connectivity index (χ4v) is 3.96. The molecule has 2 aromatic rings. The maximum atomic E-state index is 13.3. The highest BCUT2D eigenvalue weighted by atomic mass is 32.2. The average Bonchev–Trinajstić information content (AvgIpc) is 2.92. The van der Waals surface area contributed by atoms with Crippen LogP contribution >= 0.6 is 0 Å². The van der Waals surface area contributed by atoms with Crippen molar-refractivity contribution in [3.63, 3.8) is 0 Å². The van der Waals surface area contributed by atoms with Gasteiger partial charge in [-0.1, -0.05) is 6.07 Å². The van der Waals surface area contributed by atoms with Gasteiger partial charge in [-0.3, -0.25) is 14.3 Å². The van der Waals surface area contributed by atoms with Crippen molar-refractivity contribution in [1.29, 1.82) is 0 Å². The molecule has 2 heterocycles. The molecule has 1 aliphatic rings. The molecule has 1 aromatic carbocycles. The molecule has 0 saturated carbocycles. The first-order chi connectivity index (χ1) is 12.5. The van der Waals surface area contributed by atoms with Gasteiger partial charge in [-0.2, -0.15) is 5.10 Å². The molecule has 2 amide bonds. The fraction of sp³-hybridized carbons (Fsp3) is 0.353. The Balaban J connectivity index is 1.80. The Morgan fingerprint density at radius 3 is 2.52 bits per heavy atom. The molecule has 144 valence electrons. The minimum Gasteiger partial charge on any atom is -0.323 e. The van der Waals surface area contributed by atoms with Gasteiger partial charge in [0.05, 0.1) is 4.90 Å². The van der Waals surface area contributed by atoms with Crippen molar-refractivity contribution < 1.29 is 22.4 Å². The molecule has 1 fully saturated rings. The lowest BCUT2D eigenvalue weighted by Gasteiger charge is -2.48. The standard InChI is InChI=1S/C17H19FN4O4S/c1-11-9-14(19-21(11)3)15(23)22-8-7-17(22,2)16(24)20-27(25,26)13-6-4-5-12(18)10-13/h4-6,9-10H,7-8H2,1-3H3,(H,20,24). The van der Waals surface area contributed by atoms with Crippen molar-refractivity contribution in [1.82, 2.24) is 19.4 Å². The Bertz CT molecular complexity index is 1010. The second kappa shape index (κ2) is 6.45. The lowest BCUT2D eigenvalue weighted by Crippen LogP contribution is -2.67. The number of nitrogens with one attached hydrogen (secondary N) is 1. The highest BCUT2D eigenvalue weighted by Gasteiger charge is 2.51. The van der Waals surface area contributed by atoms with Crippen LogP contribution in [0.5, 0.6) is 0 Å². The number of sulfonamides is 1. The first-order valence-electron chi connectivity index (χ1n) is 8.20. The second-order valence-electron chi connectivity index (χ2n) is 6.67. The van der Waals surface area contributed by atoms with Crippen LogP contribution in [-0.4, -0.2) is 47.0 Å². The van der Waals surface area contributed by atoms with Gasteiger partial charge < -0.3 is 4.90 Å². The Morgan fingerprint density at radius 2 is 2.00 bits per heavy atom. The molecule has 1 atom stereocenters. The van der Waals surface area contributed by atoms with Gasteiger partial charge >= 0.3 is 0 Å². The van der Waals surface area contributed by atoms with Gasteiger partial charge in [0.25, 0.3) is 21.8 Å². The van der Waals surface area contributed by atoms with E-state index in [1.807, 2.05) is 4.72 Å². The first kappa shape index (κ1) is 19.0. The van der Waals surface area contributed by atoms with Crippen LogP contribution in [0.15, 0.2) is 35.2 Å². The number of rotatable bonds is 4. The van der Waals surface area contributed by atoms with Crippen molar-refractivity contribution in [2.24, 2.45) is 7.05 Å². The SMILES string of the molecule is Cc1cc(C(=O)N2CCC2(C)C(=O)NS(=O)(=O)c2cccc(F)c2)nn1C. The van der Waals surface area contributed by atoms with Crippen molar-refractivity contribution in [2.75, 3.05) is 6.54 Å². The van der Waals surface area contributed by atoms with Gasteiger partial charge in [-0.15, -0.1) is 0 Å². The molecule has 0 spiro atoms. The van der Waals surface area contributed by atoms with Gasteiger partial charge in [-0.25, -0.2) is 17.5 Å². The maximum absolute atomic E-state index is 13.3. The van der Waals surface area contributed by atoms with Crippen molar-refractivity contribution in [3.8, 4) is 0 Å². The van der Waals surface area contributed by atoms with Crippen LogP contribution in [0.3, 0.4) is 0 Å². The van der Waals surface area contributed by atoms with Crippen LogP contribution in [-0.2, 0) is 21.9 Å². The van der Waals surface area contributed by atoms with E-state index in [9.17, 15) is 22.4 Å². The summed E-state index contributed by atoms with van der Waals surface area (Å²) in [6.07, 6.45) is 0.301. The largest absolute Gasteiger partial charge is 0.323 e. The third-order valence-electron chi connectivity index (χ3n) is 4.82. The van der Waals surface area contributed by atoms with Crippen LogP contribution in [0.1, 0.15) is 29.5 Å². The van der Waals surface area contributed by atoms with Gasteiger partial charge in [0.15, 0.2) is 5.69 Å². The summed E-state index contributed by atoms with van der Waals surface area (Å²) in [7, 11) is -2.56. The molecule has 10 heteroatoms. The zero-order valence-electron chi connectivity index (χ0n) is 15.1. The number of hydrogen-bond acceptors (Lipinski definition) is 5. The van der Waals surface area contributed by atoms with Crippen molar-refractivity contribution in [2.45, 2.75) is 30.7 Å². The number of amides is 2. The van der Waals surface area contributed by atoms with E-state index in [0.717, 1.165) is 17.8 Å². The number of likely N-dealkylation sites (tertiary alicyclic amines) is 1. The Kier molecular flexibility index (Phi) is 4.54. The predicted molar refractivity (Wildman–Crippen MR) is 93.7 cm³/mol. The number of benzene rings is 1. The number of nitrogens with zero attached hydrogens (tertiary/aromatic N) is 3. The monoisotopic (exact) mass is 394 g/mol. The minimum absolute atomic E-state index is 0.182. The third-order valence-corrected chi connectivity index (χ3v) is 6.15. The van der Waals surface area contributed by atoms with E-state index in [1.54, 1.807) is 24.7 Å². The van der Waals surface area contributed by atoms with E-state index in [2.05, 4.69) is 5.10 Å². The highest BCUT2D eigenvalue weighted by molar-refractivity contribution is 7.90. The topological polar surface area (TPSA) is 101 Å². The number of carbonyl (C=O) groups is 2. The fourth-order valence-electron chi connectivity index (χ4n) is 2.85.